The number of benzene rings is 3. The summed E-state index contributed by atoms with van der Waals surface area (Å²) < 4.78 is 0. The molecule has 1 aromatic heterocycles. The number of anilines is 4. The summed E-state index contributed by atoms with van der Waals surface area (Å²) >= 11 is 6.12. The van der Waals surface area contributed by atoms with E-state index in [4.69, 9.17) is 11.6 Å². The van der Waals surface area contributed by atoms with E-state index in [1.54, 1.807) is 0 Å². The lowest BCUT2D eigenvalue weighted by molar-refractivity contribution is 1.20. The van der Waals surface area contributed by atoms with Gasteiger partial charge in [-0.05, 0) is 48.9 Å². The van der Waals surface area contributed by atoms with Crippen molar-refractivity contribution in [1.82, 2.24) is 9.97 Å². The average molecular weight is 361 g/mol. The minimum absolute atomic E-state index is 0.521. The van der Waals surface area contributed by atoms with Crippen molar-refractivity contribution in [3.05, 3.63) is 83.4 Å². The molecule has 0 saturated heterocycles. The normalized spacial score (nSPS) is 10.7. The quantitative estimate of drug-likeness (QED) is 0.463. The molecule has 0 amide bonds. The van der Waals surface area contributed by atoms with Gasteiger partial charge in [-0.1, -0.05) is 48.0 Å². The van der Waals surface area contributed by atoms with Gasteiger partial charge in [0.1, 0.15) is 5.82 Å². The summed E-state index contributed by atoms with van der Waals surface area (Å²) in [6.07, 6.45) is 0. The van der Waals surface area contributed by atoms with Crippen molar-refractivity contribution in [2.75, 3.05) is 10.6 Å². The number of rotatable bonds is 4. The van der Waals surface area contributed by atoms with Crippen LogP contribution in [0.25, 0.3) is 10.9 Å². The molecule has 0 bridgehead atoms. The lowest BCUT2D eigenvalue weighted by Gasteiger charge is -2.13. The van der Waals surface area contributed by atoms with E-state index in [9.17, 15) is 0 Å². The molecule has 3 aromatic carbocycles. The highest BCUT2D eigenvalue weighted by molar-refractivity contribution is 6.30. The molecule has 4 nitrogen and oxygen atoms in total. The smallest absolute Gasteiger partial charge is 0.229 e. The molecular weight excluding hydrogens is 344 g/mol. The summed E-state index contributed by atoms with van der Waals surface area (Å²) in [6, 6.07) is 23.6. The van der Waals surface area contributed by atoms with Crippen LogP contribution in [0.3, 0.4) is 0 Å². The van der Waals surface area contributed by atoms with Gasteiger partial charge in [0.25, 0.3) is 0 Å². The fourth-order valence-electron chi connectivity index (χ4n) is 2.74. The number of hydrogen-bond acceptors (Lipinski definition) is 4. The zero-order chi connectivity index (χ0) is 17.9. The summed E-state index contributed by atoms with van der Waals surface area (Å²) in [5.41, 5.74) is 3.80. The summed E-state index contributed by atoms with van der Waals surface area (Å²) in [5, 5.41) is 8.30. The Bertz CT molecular complexity index is 1060. The molecule has 0 aliphatic rings. The maximum atomic E-state index is 6.12. The van der Waals surface area contributed by atoms with Gasteiger partial charge in [0.05, 0.1) is 5.52 Å². The topological polar surface area (TPSA) is 49.8 Å². The van der Waals surface area contributed by atoms with Crippen LogP contribution in [0.4, 0.5) is 23.1 Å². The van der Waals surface area contributed by atoms with Crippen molar-refractivity contribution in [2.24, 2.45) is 0 Å². The lowest BCUT2D eigenvalue weighted by Crippen LogP contribution is -2.03. The van der Waals surface area contributed by atoms with Crippen LogP contribution in [0.1, 0.15) is 5.56 Å². The van der Waals surface area contributed by atoms with Crippen molar-refractivity contribution >= 4 is 45.6 Å². The maximum absolute atomic E-state index is 6.12. The number of nitrogens with zero attached hydrogens (tertiary/aromatic N) is 2. The Morgan fingerprint density at radius 2 is 1.58 bits per heavy atom. The van der Waals surface area contributed by atoms with Crippen LogP contribution in [0, 0.1) is 6.92 Å². The Morgan fingerprint density at radius 3 is 2.42 bits per heavy atom. The van der Waals surface area contributed by atoms with E-state index < -0.39 is 0 Å². The first kappa shape index (κ1) is 16.4. The van der Waals surface area contributed by atoms with Gasteiger partial charge >= 0.3 is 0 Å². The second kappa shape index (κ2) is 7.02. The number of halogens is 1. The minimum Gasteiger partial charge on any atom is -0.340 e. The Balaban J connectivity index is 1.77. The molecule has 0 atom stereocenters. The van der Waals surface area contributed by atoms with Gasteiger partial charge in [0, 0.05) is 21.8 Å². The summed E-state index contributed by atoms with van der Waals surface area (Å²) in [7, 11) is 0. The molecule has 4 rings (SSSR count). The standard InChI is InChI=1S/C21H17ClN4/c1-14-11-12-15(22)13-19(14)25-21-24-18-10-6-5-9-17(18)20(26-21)23-16-7-3-2-4-8-16/h2-13H,1H3,(H2,23,24,25,26). The van der Waals surface area contributed by atoms with Crippen LogP contribution in [0.15, 0.2) is 72.8 Å². The molecule has 0 aliphatic carbocycles. The van der Waals surface area contributed by atoms with Gasteiger partial charge in [-0.2, -0.15) is 4.98 Å². The fraction of sp³-hybridized carbons (Fsp3) is 0.0476. The second-order valence-corrected chi connectivity index (χ2v) is 6.42. The summed E-state index contributed by atoms with van der Waals surface area (Å²) in [5.74, 6) is 1.27. The van der Waals surface area contributed by atoms with E-state index >= 15 is 0 Å². The number of aryl methyl sites for hydroxylation is 1. The molecule has 0 radical (unpaired) electrons. The van der Waals surface area contributed by atoms with Crippen LogP contribution in [0.5, 0.6) is 0 Å². The van der Waals surface area contributed by atoms with Crippen molar-refractivity contribution in [2.45, 2.75) is 6.92 Å². The zero-order valence-electron chi connectivity index (χ0n) is 14.2. The zero-order valence-corrected chi connectivity index (χ0v) is 15.0. The number of fused-ring (bicyclic) bond motifs is 1. The monoisotopic (exact) mass is 360 g/mol. The fourth-order valence-corrected chi connectivity index (χ4v) is 2.91. The first-order valence-electron chi connectivity index (χ1n) is 8.31. The van der Waals surface area contributed by atoms with E-state index in [1.807, 2.05) is 79.7 Å². The van der Waals surface area contributed by atoms with Crippen molar-refractivity contribution < 1.29 is 0 Å². The molecule has 1 heterocycles. The predicted octanol–water partition coefficient (Wildman–Crippen LogP) is 6.08. The first-order chi connectivity index (χ1) is 12.7. The van der Waals surface area contributed by atoms with Gasteiger partial charge in [0.15, 0.2) is 0 Å². The third-order valence-corrected chi connectivity index (χ3v) is 4.32. The van der Waals surface area contributed by atoms with E-state index in [-0.39, 0.29) is 0 Å². The highest BCUT2D eigenvalue weighted by Gasteiger charge is 2.09. The van der Waals surface area contributed by atoms with Gasteiger partial charge in [-0.25, -0.2) is 4.98 Å². The van der Waals surface area contributed by atoms with E-state index in [2.05, 4.69) is 20.6 Å². The van der Waals surface area contributed by atoms with Gasteiger partial charge in [-0.3, -0.25) is 0 Å². The number of para-hydroxylation sites is 2. The van der Waals surface area contributed by atoms with Crippen LogP contribution in [-0.2, 0) is 0 Å². The van der Waals surface area contributed by atoms with Crippen molar-refractivity contribution in [1.29, 1.82) is 0 Å². The van der Waals surface area contributed by atoms with Crippen molar-refractivity contribution in [3.8, 4) is 0 Å². The SMILES string of the molecule is Cc1ccc(Cl)cc1Nc1nc(Nc2ccccc2)c2ccccc2n1. The molecule has 0 fully saturated rings. The molecule has 0 unspecified atom stereocenters. The van der Waals surface area contributed by atoms with Crippen molar-refractivity contribution in [3.63, 3.8) is 0 Å². The number of aromatic nitrogens is 2. The largest absolute Gasteiger partial charge is 0.340 e. The van der Waals surface area contributed by atoms with Crippen LogP contribution >= 0.6 is 11.6 Å². The third kappa shape index (κ3) is 3.46. The first-order valence-corrected chi connectivity index (χ1v) is 8.69. The van der Waals surface area contributed by atoms with Crippen LogP contribution in [-0.4, -0.2) is 9.97 Å². The second-order valence-electron chi connectivity index (χ2n) is 5.99. The summed E-state index contributed by atoms with van der Waals surface area (Å²) in [6.45, 7) is 2.02. The van der Waals surface area contributed by atoms with Gasteiger partial charge in [0.2, 0.25) is 5.95 Å². The Morgan fingerprint density at radius 1 is 0.808 bits per heavy atom. The molecule has 26 heavy (non-hydrogen) atoms. The van der Waals surface area contributed by atoms with Gasteiger partial charge < -0.3 is 10.6 Å². The minimum atomic E-state index is 0.521. The number of hydrogen-bond donors (Lipinski definition) is 2. The van der Waals surface area contributed by atoms with Crippen LogP contribution < -0.4 is 10.6 Å². The maximum Gasteiger partial charge on any atom is 0.229 e. The van der Waals surface area contributed by atoms with E-state index in [0.29, 0.717) is 11.0 Å². The molecule has 5 heteroatoms. The Kier molecular flexibility index (Phi) is 4.42. The van der Waals surface area contributed by atoms with Crippen LogP contribution in [0.2, 0.25) is 5.02 Å². The predicted molar refractivity (Wildman–Crippen MR) is 109 cm³/mol. The molecule has 4 aromatic rings. The highest BCUT2D eigenvalue weighted by atomic mass is 35.5. The lowest BCUT2D eigenvalue weighted by atomic mass is 10.2. The molecule has 128 valence electrons. The van der Waals surface area contributed by atoms with E-state index in [1.165, 1.54) is 0 Å². The Hall–Kier alpha value is -3.11. The average Bonchev–Trinajstić information content (AvgIpc) is 2.66. The number of nitrogens with one attached hydrogen (secondary N) is 2. The Labute approximate surface area is 156 Å². The molecular formula is C21H17ClN4. The molecule has 2 N–H and O–H groups in total. The third-order valence-electron chi connectivity index (χ3n) is 4.09. The van der Waals surface area contributed by atoms with Gasteiger partial charge in [-0.15, -0.1) is 0 Å². The summed E-state index contributed by atoms with van der Waals surface area (Å²) in [4.78, 5) is 9.32. The molecule has 0 aliphatic heterocycles. The molecule has 0 spiro atoms. The molecule has 0 saturated carbocycles. The van der Waals surface area contributed by atoms with E-state index in [0.717, 1.165) is 33.7 Å². The highest BCUT2D eigenvalue weighted by Crippen LogP contribution is 2.28.